The summed E-state index contributed by atoms with van der Waals surface area (Å²) < 4.78 is 8.36. The first-order valence-corrected chi connectivity index (χ1v) is 1.60. The molecule has 1 N–H and O–H groups in total. The second-order valence-corrected chi connectivity index (χ2v) is 0. The van der Waals surface area contributed by atoms with Gasteiger partial charge in [0.05, 0.1) is 0 Å². The minimum absolute atomic E-state index is 0. The fraction of sp³-hybridized carbons (Fsp3) is 0. The van der Waals surface area contributed by atoms with E-state index in [1.54, 1.807) is 0 Å². The summed E-state index contributed by atoms with van der Waals surface area (Å²) in [7, 11) is 0. The van der Waals surface area contributed by atoms with E-state index in [4.69, 9.17) is 2.81 Å². The Labute approximate surface area is 55.5 Å². The molecule has 3 radical (unpaired) electrons. The molecule has 0 aliphatic rings. The molecule has 0 aromatic heterocycles. The number of rotatable bonds is 0. The van der Waals surface area contributed by atoms with Gasteiger partial charge in [-0.05, 0) is 0 Å². The average molecular weight is 313 g/mol. The van der Waals surface area contributed by atoms with Crippen LogP contribution in [0.15, 0.2) is 0 Å². The van der Waals surface area contributed by atoms with Crippen LogP contribution >= 0.6 is 0 Å². The molecule has 0 saturated heterocycles. The molecule has 0 spiro atoms. The molecule has 0 aromatic rings. The van der Waals surface area contributed by atoms with Crippen LogP contribution in [0.25, 0.3) is 0 Å². The fourth-order valence-corrected chi connectivity index (χ4v) is 0. The second kappa shape index (κ2) is 69.1. The van der Waals surface area contributed by atoms with Crippen molar-refractivity contribution in [1.29, 1.82) is 0 Å². The molecular formula is HBiMnO3. The van der Waals surface area contributed by atoms with Crippen LogP contribution in [0.2, 0.25) is 0 Å². The minimum atomic E-state index is 0. The summed E-state index contributed by atoms with van der Waals surface area (Å²) in [4.78, 5) is 0. The van der Waals surface area contributed by atoms with Crippen LogP contribution in [0.3, 0.4) is 0 Å². The van der Waals surface area contributed by atoms with Gasteiger partial charge in [-0.2, -0.15) is 0 Å². The molecule has 0 atom stereocenters. The predicted octanol–water partition coefficient (Wildman–Crippen LogP) is -0.798. The van der Waals surface area contributed by atoms with Crippen LogP contribution in [-0.4, -0.2) is 30.2 Å². The zero-order valence-electron chi connectivity index (χ0n) is 2.09. The van der Waals surface area contributed by atoms with Gasteiger partial charge in [0.2, 0.25) is 0 Å². The number of hydrogen-bond acceptors (Lipinski definition) is 2. The maximum absolute atomic E-state index is 8.36. The Morgan fingerprint density at radius 1 is 1.20 bits per heavy atom. The molecule has 0 aliphatic carbocycles. The van der Waals surface area contributed by atoms with Crippen molar-refractivity contribution in [3.05, 3.63) is 0 Å². The Kier molecular flexibility index (Phi) is 493. The number of hydrogen-bond donors (Lipinski definition) is 0. The molecule has 5 heavy (non-hydrogen) atoms. The summed E-state index contributed by atoms with van der Waals surface area (Å²) in [5, 5.41) is 0. The molecule has 0 aliphatic heterocycles. The molecule has 0 rings (SSSR count). The molecule has 5 heteroatoms. The van der Waals surface area contributed by atoms with Crippen molar-refractivity contribution in [3.8, 4) is 0 Å². The van der Waals surface area contributed by atoms with Crippen LogP contribution in [0.5, 0.6) is 0 Å². The van der Waals surface area contributed by atoms with Crippen molar-refractivity contribution < 1.29 is 30.8 Å². The Morgan fingerprint density at radius 2 is 1.20 bits per heavy atom. The molecule has 3 nitrogen and oxygen atoms in total. The molecule has 0 saturated carbocycles. The van der Waals surface area contributed by atoms with E-state index in [0.29, 0.717) is 0 Å². The Balaban J connectivity index is -0.00000000167. The van der Waals surface area contributed by atoms with Crippen LogP contribution in [0.1, 0.15) is 0 Å². The topological polar surface area (TPSA) is 75.6 Å². The van der Waals surface area contributed by atoms with Gasteiger partial charge in [0, 0.05) is 0 Å². The van der Waals surface area contributed by atoms with Crippen molar-refractivity contribution in [2.24, 2.45) is 0 Å². The van der Waals surface area contributed by atoms with E-state index < -0.39 is 0 Å². The van der Waals surface area contributed by atoms with Gasteiger partial charge >= 0.3 is 44.6 Å². The molecule has 31 valence electrons. The molecule has 0 aromatic carbocycles. The van der Waals surface area contributed by atoms with E-state index in [2.05, 4.69) is 0 Å². The van der Waals surface area contributed by atoms with E-state index in [9.17, 15) is 0 Å². The quantitative estimate of drug-likeness (QED) is 0.549. The van der Waals surface area contributed by atoms with E-state index in [1.165, 1.54) is 0 Å². The summed E-state index contributed by atoms with van der Waals surface area (Å²) in [5.41, 5.74) is 0. The van der Waals surface area contributed by atoms with Crippen molar-refractivity contribution in [2.75, 3.05) is 0 Å². The van der Waals surface area contributed by atoms with Crippen LogP contribution in [0.4, 0.5) is 0 Å². The SMILES string of the molecule is [Mn+2].[O-2].[OH-].[O]=[Bi+]. The predicted molar refractivity (Wildman–Crippen MR) is 9.06 cm³/mol. The molecule has 0 heterocycles. The fourth-order valence-electron chi connectivity index (χ4n) is 0. The van der Waals surface area contributed by atoms with Gasteiger partial charge in [0.25, 0.3) is 0 Å². The summed E-state index contributed by atoms with van der Waals surface area (Å²) in [6.07, 6.45) is 0. The molecular weight excluding hydrogens is 312 g/mol. The average Bonchev–Trinajstić information content (AvgIpc) is 1.00. The summed E-state index contributed by atoms with van der Waals surface area (Å²) in [6, 6.07) is 0. The van der Waals surface area contributed by atoms with Gasteiger partial charge in [0.1, 0.15) is 0 Å². The zero-order chi connectivity index (χ0) is 2.00. The molecule has 0 amide bonds. The van der Waals surface area contributed by atoms with E-state index in [0.717, 1.165) is 0 Å². The zero-order valence-corrected chi connectivity index (χ0v) is 6.75. The first kappa shape index (κ1) is 35.7. The van der Waals surface area contributed by atoms with Gasteiger partial charge < -0.3 is 11.0 Å². The van der Waals surface area contributed by atoms with Crippen LogP contribution < -0.4 is 0 Å². The Hall–Kier alpha value is 1.12. The summed E-state index contributed by atoms with van der Waals surface area (Å²) in [5.74, 6) is 0. The van der Waals surface area contributed by atoms with Gasteiger partial charge in [-0.25, -0.2) is 0 Å². The Bertz CT molecular complexity index is 6.85. The third-order valence-electron chi connectivity index (χ3n) is 0. The van der Waals surface area contributed by atoms with Gasteiger partial charge in [-0.1, -0.05) is 0 Å². The van der Waals surface area contributed by atoms with Crippen molar-refractivity contribution in [2.45, 2.75) is 0 Å². The first-order chi connectivity index (χ1) is 1.00. The third-order valence-corrected chi connectivity index (χ3v) is 0. The van der Waals surface area contributed by atoms with Crippen molar-refractivity contribution >= 4 is 24.7 Å². The van der Waals surface area contributed by atoms with Gasteiger partial charge in [0.15, 0.2) is 0 Å². The summed E-state index contributed by atoms with van der Waals surface area (Å²) >= 11 is 0.194. The van der Waals surface area contributed by atoms with Gasteiger partial charge in [-0.15, -0.1) is 0 Å². The molecule has 0 unspecified atom stereocenters. The normalized spacial score (nSPS) is 0.800. The van der Waals surface area contributed by atoms with E-state index in [-0.39, 0.29) is 52.7 Å². The molecule has 0 bridgehead atoms. The van der Waals surface area contributed by atoms with Crippen molar-refractivity contribution in [3.63, 3.8) is 0 Å². The van der Waals surface area contributed by atoms with Gasteiger partial charge in [-0.3, -0.25) is 0 Å². The van der Waals surface area contributed by atoms with E-state index in [1.807, 2.05) is 0 Å². The van der Waals surface area contributed by atoms with Crippen LogP contribution in [-0.2, 0) is 25.4 Å². The standard InChI is InChI=1S/Bi.Mn.H2O.2O/h;;1H2;;/q+1;+2;;;-2/p-1. The maximum atomic E-state index is 8.36. The van der Waals surface area contributed by atoms with E-state index >= 15 is 0 Å². The Morgan fingerprint density at radius 3 is 1.20 bits per heavy atom. The first-order valence-electron chi connectivity index (χ1n) is 0.183. The molecule has 0 fully saturated rings. The van der Waals surface area contributed by atoms with Crippen LogP contribution in [0, 0.1) is 0 Å². The third kappa shape index (κ3) is 39.6. The second-order valence-electron chi connectivity index (χ2n) is 0. The summed E-state index contributed by atoms with van der Waals surface area (Å²) in [6.45, 7) is 0. The van der Waals surface area contributed by atoms with Crippen molar-refractivity contribution in [1.82, 2.24) is 0 Å². The monoisotopic (exact) mass is 313 g/mol.